The van der Waals surface area contributed by atoms with Crippen LogP contribution in [0.25, 0.3) is 133 Å². The fourth-order valence-corrected chi connectivity index (χ4v) is 12.2. The van der Waals surface area contributed by atoms with Crippen molar-refractivity contribution in [3.63, 3.8) is 0 Å². The van der Waals surface area contributed by atoms with Crippen LogP contribution in [-0.4, -0.2) is 18.7 Å². The summed E-state index contributed by atoms with van der Waals surface area (Å²) in [6.07, 6.45) is 5.41. The van der Waals surface area contributed by atoms with Gasteiger partial charge in [0.05, 0.1) is 68.0 Å². The maximum absolute atomic E-state index is 10.3. The number of nitrogens with zero attached hydrogens (tertiary/aromatic N) is 5. The molecule has 0 radical (unpaired) electrons. The number of hydrogen-bond donors (Lipinski definition) is 0. The van der Waals surface area contributed by atoms with E-state index in [1.807, 2.05) is 95.6 Å². The molecule has 1 aliphatic rings. The van der Waals surface area contributed by atoms with E-state index in [1.54, 1.807) is 51.7 Å². The number of aromatic nitrogens is 5. The molecule has 1 aliphatic heterocycles. The van der Waals surface area contributed by atoms with E-state index < -0.39 is 103 Å². The Hall–Kier alpha value is -10.6. The zero-order chi connectivity index (χ0) is 72.7. The van der Waals surface area contributed by atoms with Crippen LogP contribution in [0.1, 0.15) is 63.5 Å². The Morgan fingerprint density at radius 3 is 1.73 bits per heavy atom. The van der Waals surface area contributed by atoms with E-state index in [9.17, 15) is 13.7 Å². The van der Waals surface area contributed by atoms with Crippen LogP contribution >= 0.6 is 0 Å². The molecule has 16 rings (SSSR count). The predicted molar refractivity (Wildman–Crippen MR) is 346 cm³/mol. The number of para-hydroxylation sites is 3. The highest BCUT2D eigenvalue weighted by Gasteiger charge is 2.30. The van der Waals surface area contributed by atoms with Crippen LogP contribution in [-0.2, 0) is 5.41 Å². The van der Waals surface area contributed by atoms with E-state index in [1.165, 1.54) is 30.3 Å². The molecule has 4 aromatic heterocycles. The van der Waals surface area contributed by atoms with Gasteiger partial charge in [-0.25, -0.2) is 4.98 Å². The molecule has 15 aromatic rings. The molecule has 11 aromatic carbocycles. The van der Waals surface area contributed by atoms with Crippen molar-refractivity contribution in [3.05, 3.63) is 278 Å². The van der Waals surface area contributed by atoms with Gasteiger partial charge in [-0.3, -0.25) is 13.7 Å². The number of ether oxygens (including phenoxy) is 1. The number of fused-ring (bicyclic) bond motifs is 13. The Balaban J connectivity index is 1.09. The quantitative estimate of drug-likeness (QED) is 0.118. The average molecular weight is 1100 g/mol. The third kappa shape index (κ3) is 7.78. The van der Waals surface area contributed by atoms with Gasteiger partial charge in [-0.1, -0.05) is 184 Å². The summed E-state index contributed by atoms with van der Waals surface area (Å²) in [5.41, 5.74) is 1.37. The first-order valence-electron chi connectivity index (χ1n) is 36.9. The first-order chi connectivity index (χ1) is 48.9. The Labute approximate surface area is 514 Å². The van der Waals surface area contributed by atoms with E-state index in [0.717, 1.165) is 38.1 Å². The molecule has 0 amide bonds. The summed E-state index contributed by atoms with van der Waals surface area (Å²) in [5.74, 6) is 1.43. The Kier molecular flexibility index (Phi) is 7.56. The van der Waals surface area contributed by atoms with Crippen LogP contribution in [0.5, 0.6) is 11.5 Å². The molecule has 84 heavy (non-hydrogen) atoms. The van der Waals surface area contributed by atoms with Crippen molar-refractivity contribution >= 4 is 54.6 Å². The molecule has 0 saturated carbocycles. The second-order valence-electron chi connectivity index (χ2n) is 21.9. The van der Waals surface area contributed by atoms with Crippen molar-refractivity contribution < 1.29 is 35.3 Å². The normalized spacial score (nSPS) is 15.6. The largest absolute Gasteiger partial charge is 0.458 e. The first kappa shape index (κ1) is 33.4. The number of benzene rings is 11. The predicted octanol–water partition coefficient (Wildman–Crippen LogP) is 19.7. The molecule has 0 spiro atoms. The van der Waals surface area contributed by atoms with Gasteiger partial charge < -0.3 is 9.30 Å². The summed E-state index contributed by atoms with van der Waals surface area (Å²) >= 11 is 0. The van der Waals surface area contributed by atoms with Crippen molar-refractivity contribution in [2.75, 3.05) is 0 Å². The molecule has 0 saturated heterocycles. The summed E-state index contributed by atoms with van der Waals surface area (Å²) in [6.45, 7) is 0.473. The molecular weight excluding hydrogens is 1020 g/mol. The van der Waals surface area contributed by atoms with Gasteiger partial charge in [0.1, 0.15) is 17.3 Å². The maximum atomic E-state index is 10.3. The van der Waals surface area contributed by atoms with Crippen LogP contribution in [0.2, 0.25) is 0 Å². The Bertz CT molecular complexity index is 6120. The topological polar surface area (TPSA) is 40.8 Å². The van der Waals surface area contributed by atoms with Crippen LogP contribution in [0.15, 0.2) is 255 Å². The minimum atomic E-state index is -2.97. The second-order valence-corrected chi connectivity index (χ2v) is 21.9. The average Bonchev–Trinajstić information content (AvgIpc) is 1.57. The summed E-state index contributed by atoms with van der Waals surface area (Å²) < 4.78 is 192. The summed E-state index contributed by atoms with van der Waals surface area (Å²) in [4.78, 5) is 4.88. The molecule has 6 heteroatoms. The molecule has 400 valence electrons. The number of aryl methyl sites for hydroxylation is 2. The lowest BCUT2D eigenvalue weighted by Gasteiger charge is -2.23. The van der Waals surface area contributed by atoms with Gasteiger partial charge >= 0.3 is 0 Å². The second kappa shape index (κ2) is 19.0. The zero-order valence-corrected chi connectivity index (χ0v) is 45.4. The Morgan fingerprint density at radius 2 is 1.06 bits per heavy atom. The van der Waals surface area contributed by atoms with Gasteiger partial charge in [0.15, 0.2) is 0 Å². The fourth-order valence-electron chi connectivity index (χ4n) is 12.2. The molecule has 0 atom stereocenters. The summed E-state index contributed by atoms with van der Waals surface area (Å²) in [5, 5.41) is 3.39. The summed E-state index contributed by atoms with van der Waals surface area (Å²) in [6, 6.07) is 40.5. The molecule has 0 bridgehead atoms. The highest BCUT2D eigenvalue weighted by atomic mass is 16.5. The number of rotatable bonds is 7. The number of pyridine rings is 1. The van der Waals surface area contributed by atoms with E-state index in [4.69, 9.17) is 22.1 Å². The number of hydrogen-bond acceptors (Lipinski definition) is 2. The van der Waals surface area contributed by atoms with E-state index >= 15 is 0 Å². The fraction of sp³-hybridized carbons (Fsp3) is 0.0769. The summed E-state index contributed by atoms with van der Waals surface area (Å²) in [7, 11) is 0. The van der Waals surface area contributed by atoms with Crippen molar-refractivity contribution in [1.29, 1.82) is 0 Å². The van der Waals surface area contributed by atoms with Gasteiger partial charge in [-0.2, -0.15) is 0 Å². The number of imidazole rings is 1. The highest BCUT2D eigenvalue weighted by Crippen LogP contribution is 2.48. The lowest BCUT2D eigenvalue weighted by atomic mass is 9.87. The van der Waals surface area contributed by atoms with Gasteiger partial charge in [-0.15, -0.1) is 0 Å². The molecule has 0 aliphatic carbocycles. The van der Waals surface area contributed by atoms with Gasteiger partial charge in [0.2, 0.25) is 0 Å². The SMILES string of the molecule is [2H]c1c([2H])c([2H])c(-c2cc3c4c(c2)n(-c2cccc(Oc5ccc6c7ccccc7n(-c7cc(C(C)(C)C)ccn7)c6c5)c2)[c-][n+]4-c2c(cc(-c4c(C([2H])([2H])[2H])cccc4C([2H])([2H])[2H])cc2-n2c4ccccc4c4ccccc42)-c2c([2H])c([2H])c([2H])c([2H])c2-c2c([2H])c([2H])c([2H])c([2H])c2-3)c([2H])c1[2H]. The molecule has 0 fully saturated rings. The van der Waals surface area contributed by atoms with Crippen LogP contribution in [0.3, 0.4) is 0 Å². The lowest BCUT2D eigenvalue weighted by Crippen LogP contribution is -2.33. The zero-order valence-electron chi connectivity index (χ0n) is 64.4. The van der Waals surface area contributed by atoms with Gasteiger partial charge in [0, 0.05) is 42.0 Å². The van der Waals surface area contributed by atoms with Crippen LogP contribution in [0.4, 0.5) is 0 Å². The van der Waals surface area contributed by atoms with E-state index in [-0.39, 0.29) is 83.5 Å². The van der Waals surface area contributed by atoms with E-state index in [2.05, 4.69) is 43.8 Å². The lowest BCUT2D eigenvalue weighted by molar-refractivity contribution is -0.571. The van der Waals surface area contributed by atoms with Gasteiger partial charge in [-0.05, 0) is 170 Å². The first-order valence-corrected chi connectivity index (χ1v) is 27.4. The maximum Gasteiger partial charge on any atom is 0.269 e. The van der Waals surface area contributed by atoms with Crippen LogP contribution in [0, 0.1) is 20.0 Å². The molecule has 0 N–H and O–H groups in total. The molecule has 5 heterocycles. The van der Waals surface area contributed by atoms with E-state index in [0.29, 0.717) is 34.0 Å². The third-order valence-electron chi connectivity index (χ3n) is 16.0. The van der Waals surface area contributed by atoms with Crippen molar-refractivity contribution in [1.82, 2.24) is 18.7 Å². The molecule has 6 nitrogen and oxygen atoms in total. The molecular formula is C78H57N5O. The molecule has 0 unspecified atom stereocenters. The Morgan fingerprint density at radius 1 is 0.476 bits per heavy atom. The minimum absolute atomic E-state index is 0.0348. The monoisotopic (exact) mass is 1100 g/mol. The third-order valence-corrected chi connectivity index (χ3v) is 16.0. The smallest absolute Gasteiger partial charge is 0.269 e. The van der Waals surface area contributed by atoms with Crippen molar-refractivity contribution in [2.24, 2.45) is 0 Å². The minimum Gasteiger partial charge on any atom is -0.458 e. The van der Waals surface area contributed by atoms with Gasteiger partial charge in [0.25, 0.3) is 6.33 Å². The van der Waals surface area contributed by atoms with Crippen molar-refractivity contribution in [3.8, 4) is 90.0 Å². The van der Waals surface area contributed by atoms with Crippen LogP contribution < -0.4 is 9.30 Å². The highest BCUT2D eigenvalue weighted by molar-refractivity contribution is 6.11. The van der Waals surface area contributed by atoms with Crippen molar-refractivity contribution in [2.45, 2.75) is 39.9 Å². The standard InChI is InChI=1S/C78H57N5O/c1-49-21-19-22-50(2)75(49)53-42-67-61-30-12-10-28-59(61)58-27-9-11-29-60(58)66-41-52(51-23-7-6-8-24-51)43-72-76(66)81(77(67)73(44-53)82-68-34-16-13-31-62(68)63-32-14-17-35-69(63)82)48-80(72)55-25-20-26-56(46-55)84-57-37-38-65-64-33-15-18-36-70(64)83(71(65)47-57)74-45-54(39-40-79-74)78(3,4)5/h6-47H,1-5H3/i1D3,2D3,6D,7D,8D,9D,10D,11D,12D,23D,24D,27D,28D,29D,30D.